The summed E-state index contributed by atoms with van der Waals surface area (Å²) in [5, 5.41) is 7.76. The fourth-order valence-electron chi connectivity index (χ4n) is 2.07. The molecular weight excluding hydrogens is 210 g/mol. The summed E-state index contributed by atoms with van der Waals surface area (Å²) in [6.45, 7) is 5.60. The molecular formula is C14H27N3. The molecule has 1 N–H and O–H groups in total. The number of unbranched alkanes of at least 4 members (excludes halogenated alkanes) is 3. The number of nitrogens with zero attached hydrogens (tertiary/aromatic N) is 2. The molecule has 17 heavy (non-hydrogen) atoms. The summed E-state index contributed by atoms with van der Waals surface area (Å²) in [5.41, 5.74) is 1.30. The van der Waals surface area contributed by atoms with Crippen LogP contribution in [0.4, 0.5) is 0 Å². The van der Waals surface area contributed by atoms with Crippen LogP contribution in [-0.4, -0.2) is 22.4 Å². The lowest BCUT2D eigenvalue weighted by atomic mass is 10.1. The minimum Gasteiger partial charge on any atom is -0.314 e. The highest BCUT2D eigenvalue weighted by Crippen LogP contribution is 2.05. The molecule has 0 aromatic carbocycles. The normalized spacial score (nSPS) is 12.9. The van der Waals surface area contributed by atoms with Crippen LogP contribution in [-0.2, 0) is 13.5 Å². The first-order valence-corrected chi connectivity index (χ1v) is 6.94. The highest BCUT2D eigenvalue weighted by molar-refractivity contribution is 5.00. The van der Waals surface area contributed by atoms with Crippen LogP contribution in [0.2, 0.25) is 0 Å². The van der Waals surface area contributed by atoms with Crippen LogP contribution in [0, 0.1) is 0 Å². The van der Waals surface area contributed by atoms with Gasteiger partial charge < -0.3 is 5.32 Å². The molecule has 0 aliphatic carbocycles. The molecule has 1 rings (SSSR count). The number of rotatable bonds is 9. The fraction of sp³-hybridized carbons (Fsp3) is 0.786. The van der Waals surface area contributed by atoms with E-state index in [1.54, 1.807) is 0 Å². The average molecular weight is 237 g/mol. The second-order valence-corrected chi connectivity index (χ2v) is 4.90. The molecule has 0 radical (unpaired) electrons. The highest BCUT2D eigenvalue weighted by Gasteiger charge is 2.02. The summed E-state index contributed by atoms with van der Waals surface area (Å²) < 4.78 is 1.95. The van der Waals surface area contributed by atoms with Gasteiger partial charge in [0.2, 0.25) is 0 Å². The van der Waals surface area contributed by atoms with Crippen molar-refractivity contribution < 1.29 is 0 Å². The number of hydrogen-bond acceptors (Lipinski definition) is 2. The second kappa shape index (κ2) is 8.29. The maximum atomic E-state index is 4.17. The SMILES string of the molecule is CCCCCCC(C)NCCc1ccnn1C. The van der Waals surface area contributed by atoms with Crippen molar-refractivity contribution in [1.29, 1.82) is 0 Å². The maximum absolute atomic E-state index is 4.17. The van der Waals surface area contributed by atoms with E-state index in [2.05, 4.69) is 30.3 Å². The van der Waals surface area contributed by atoms with Crippen LogP contribution in [0.25, 0.3) is 0 Å². The third kappa shape index (κ3) is 5.87. The monoisotopic (exact) mass is 237 g/mol. The van der Waals surface area contributed by atoms with Crippen LogP contribution in [0.5, 0.6) is 0 Å². The van der Waals surface area contributed by atoms with Crippen molar-refractivity contribution >= 4 is 0 Å². The molecule has 0 fully saturated rings. The van der Waals surface area contributed by atoms with Gasteiger partial charge in [0.25, 0.3) is 0 Å². The second-order valence-electron chi connectivity index (χ2n) is 4.90. The summed E-state index contributed by atoms with van der Waals surface area (Å²) >= 11 is 0. The molecule has 3 nitrogen and oxygen atoms in total. The first-order chi connectivity index (χ1) is 8.24. The number of aromatic nitrogens is 2. The van der Waals surface area contributed by atoms with E-state index in [-0.39, 0.29) is 0 Å². The molecule has 0 saturated carbocycles. The van der Waals surface area contributed by atoms with Gasteiger partial charge in [0.05, 0.1) is 0 Å². The van der Waals surface area contributed by atoms with Crippen molar-refractivity contribution in [1.82, 2.24) is 15.1 Å². The number of nitrogens with one attached hydrogen (secondary N) is 1. The minimum atomic E-state index is 0.639. The standard InChI is InChI=1S/C14H27N3/c1-4-5-6-7-8-13(2)15-11-9-14-10-12-16-17(14)3/h10,12-13,15H,4-9,11H2,1-3H3. The summed E-state index contributed by atoms with van der Waals surface area (Å²) in [4.78, 5) is 0. The first kappa shape index (κ1) is 14.2. The first-order valence-electron chi connectivity index (χ1n) is 6.94. The van der Waals surface area contributed by atoms with E-state index in [4.69, 9.17) is 0 Å². The Hall–Kier alpha value is -0.830. The van der Waals surface area contributed by atoms with E-state index >= 15 is 0 Å². The summed E-state index contributed by atoms with van der Waals surface area (Å²) in [5.74, 6) is 0. The quantitative estimate of drug-likeness (QED) is 0.669. The predicted octanol–water partition coefficient (Wildman–Crippen LogP) is 2.91. The maximum Gasteiger partial charge on any atom is 0.0492 e. The van der Waals surface area contributed by atoms with Gasteiger partial charge in [-0.15, -0.1) is 0 Å². The summed E-state index contributed by atoms with van der Waals surface area (Å²) in [6, 6.07) is 2.73. The van der Waals surface area contributed by atoms with Gasteiger partial charge in [0.1, 0.15) is 0 Å². The van der Waals surface area contributed by atoms with E-state index in [0.29, 0.717) is 6.04 Å². The molecule has 1 aromatic heterocycles. The zero-order valence-electron chi connectivity index (χ0n) is 11.6. The summed E-state index contributed by atoms with van der Waals surface area (Å²) in [6.07, 6.45) is 9.66. The van der Waals surface area contributed by atoms with Crippen LogP contribution >= 0.6 is 0 Å². The van der Waals surface area contributed by atoms with Crippen molar-refractivity contribution in [2.24, 2.45) is 7.05 Å². The Bertz CT molecular complexity index is 293. The Kier molecular flexibility index (Phi) is 6.94. The minimum absolute atomic E-state index is 0.639. The smallest absolute Gasteiger partial charge is 0.0492 e. The van der Waals surface area contributed by atoms with E-state index in [1.165, 1.54) is 37.8 Å². The molecule has 3 heteroatoms. The van der Waals surface area contributed by atoms with Gasteiger partial charge in [-0.2, -0.15) is 5.10 Å². The highest BCUT2D eigenvalue weighted by atomic mass is 15.3. The Balaban J connectivity index is 2.04. The van der Waals surface area contributed by atoms with Gasteiger partial charge in [0, 0.05) is 37.9 Å². The number of hydrogen-bond donors (Lipinski definition) is 1. The Morgan fingerprint density at radius 2 is 2.18 bits per heavy atom. The predicted molar refractivity (Wildman–Crippen MR) is 73.1 cm³/mol. The Morgan fingerprint density at radius 1 is 1.35 bits per heavy atom. The third-order valence-electron chi connectivity index (χ3n) is 3.29. The molecule has 0 amide bonds. The molecule has 0 aliphatic rings. The van der Waals surface area contributed by atoms with Crippen LogP contribution in [0.15, 0.2) is 12.3 Å². The zero-order chi connectivity index (χ0) is 12.5. The largest absolute Gasteiger partial charge is 0.314 e. The van der Waals surface area contributed by atoms with Gasteiger partial charge >= 0.3 is 0 Å². The van der Waals surface area contributed by atoms with E-state index in [0.717, 1.165) is 13.0 Å². The van der Waals surface area contributed by atoms with Crippen LogP contribution < -0.4 is 5.32 Å². The topological polar surface area (TPSA) is 29.9 Å². The van der Waals surface area contributed by atoms with Gasteiger partial charge in [-0.3, -0.25) is 4.68 Å². The number of aryl methyl sites for hydroxylation is 1. The zero-order valence-corrected chi connectivity index (χ0v) is 11.6. The third-order valence-corrected chi connectivity index (χ3v) is 3.29. The average Bonchev–Trinajstić information content (AvgIpc) is 2.71. The summed E-state index contributed by atoms with van der Waals surface area (Å²) in [7, 11) is 2.00. The molecule has 98 valence electrons. The van der Waals surface area contributed by atoms with E-state index in [9.17, 15) is 0 Å². The van der Waals surface area contributed by atoms with E-state index < -0.39 is 0 Å². The van der Waals surface area contributed by atoms with Gasteiger partial charge in [-0.1, -0.05) is 32.6 Å². The van der Waals surface area contributed by atoms with Crippen LogP contribution in [0.3, 0.4) is 0 Å². The molecule has 1 aromatic rings. The molecule has 1 heterocycles. The van der Waals surface area contributed by atoms with Crippen molar-refractivity contribution in [3.05, 3.63) is 18.0 Å². The van der Waals surface area contributed by atoms with Crippen molar-refractivity contribution in [3.63, 3.8) is 0 Å². The molecule has 0 saturated heterocycles. The molecule has 1 atom stereocenters. The fourth-order valence-corrected chi connectivity index (χ4v) is 2.07. The van der Waals surface area contributed by atoms with Crippen LogP contribution in [0.1, 0.15) is 51.6 Å². The molecule has 0 spiro atoms. The molecule has 1 unspecified atom stereocenters. The Labute approximate surface area is 106 Å². The van der Waals surface area contributed by atoms with Gasteiger partial charge in [0.15, 0.2) is 0 Å². The molecule has 0 bridgehead atoms. The van der Waals surface area contributed by atoms with Crippen molar-refractivity contribution in [3.8, 4) is 0 Å². The van der Waals surface area contributed by atoms with Crippen molar-refractivity contribution in [2.45, 2.75) is 58.4 Å². The van der Waals surface area contributed by atoms with E-state index in [1.807, 2.05) is 17.9 Å². The van der Waals surface area contributed by atoms with Crippen molar-refractivity contribution in [2.75, 3.05) is 6.54 Å². The lowest BCUT2D eigenvalue weighted by molar-refractivity contribution is 0.482. The lowest BCUT2D eigenvalue weighted by Gasteiger charge is -2.13. The van der Waals surface area contributed by atoms with Gasteiger partial charge in [-0.25, -0.2) is 0 Å². The lowest BCUT2D eigenvalue weighted by Crippen LogP contribution is -2.28. The Morgan fingerprint density at radius 3 is 2.82 bits per heavy atom. The molecule has 0 aliphatic heterocycles. The van der Waals surface area contributed by atoms with Gasteiger partial charge in [-0.05, 0) is 19.4 Å².